The van der Waals surface area contributed by atoms with Crippen LogP contribution in [-0.4, -0.2) is 56.2 Å². The molecule has 29 heavy (non-hydrogen) atoms. The maximum absolute atomic E-state index is 12.8. The lowest BCUT2D eigenvalue weighted by Gasteiger charge is -2.24. The summed E-state index contributed by atoms with van der Waals surface area (Å²) in [5, 5.41) is 18.0. The van der Waals surface area contributed by atoms with E-state index in [2.05, 4.69) is 5.32 Å². The van der Waals surface area contributed by atoms with Crippen molar-refractivity contribution in [3.8, 4) is 11.5 Å². The van der Waals surface area contributed by atoms with Crippen molar-refractivity contribution in [1.82, 2.24) is 5.32 Å². The average Bonchev–Trinajstić information content (AvgIpc) is 2.70. The highest BCUT2D eigenvalue weighted by molar-refractivity contribution is 6.05. The molecule has 0 saturated carbocycles. The van der Waals surface area contributed by atoms with Gasteiger partial charge in [0.2, 0.25) is 5.90 Å². The number of fused-ring (bicyclic) bond motifs is 1. The van der Waals surface area contributed by atoms with Crippen molar-refractivity contribution in [3.63, 3.8) is 0 Å². The molecule has 0 fully saturated rings. The molecule has 0 radical (unpaired) electrons. The van der Waals surface area contributed by atoms with Crippen LogP contribution in [0.1, 0.15) is 33.3 Å². The molecule has 3 N–H and O–H groups in total. The Labute approximate surface area is 169 Å². The third-order valence-corrected chi connectivity index (χ3v) is 3.87. The average molecular weight is 406 g/mol. The van der Waals surface area contributed by atoms with Gasteiger partial charge < -0.3 is 29.2 Å². The van der Waals surface area contributed by atoms with Crippen molar-refractivity contribution >= 4 is 29.5 Å². The molecule has 2 rings (SSSR count). The molecule has 0 aromatic heterocycles. The molecule has 1 heterocycles. The number of hydrogen-bond acceptors (Lipinski definition) is 8. The molecule has 158 valence electrons. The van der Waals surface area contributed by atoms with E-state index in [0.717, 1.165) is 0 Å². The summed E-state index contributed by atoms with van der Waals surface area (Å²) in [6.07, 6.45) is -0.728. The van der Waals surface area contributed by atoms with Gasteiger partial charge in [-0.05, 0) is 26.8 Å². The Morgan fingerprint density at radius 3 is 2.52 bits per heavy atom. The maximum Gasteiger partial charge on any atom is 0.408 e. The van der Waals surface area contributed by atoms with E-state index in [4.69, 9.17) is 29.8 Å². The van der Waals surface area contributed by atoms with E-state index in [1.807, 2.05) is 0 Å². The second kappa shape index (κ2) is 8.38. The van der Waals surface area contributed by atoms with Gasteiger partial charge in [-0.1, -0.05) is 0 Å². The Bertz CT molecular complexity index is 846. The molecule has 0 unspecified atom stereocenters. The van der Waals surface area contributed by atoms with Gasteiger partial charge in [0.05, 0.1) is 18.4 Å². The maximum atomic E-state index is 12.8. The molecule has 2 amide bonds. The van der Waals surface area contributed by atoms with Crippen molar-refractivity contribution < 1.29 is 28.5 Å². The zero-order chi connectivity index (χ0) is 21.9. The summed E-state index contributed by atoms with van der Waals surface area (Å²) in [5.41, 5.74) is -0.0848. The van der Waals surface area contributed by atoms with Gasteiger partial charge >= 0.3 is 6.09 Å². The van der Waals surface area contributed by atoms with Crippen LogP contribution >= 0.6 is 0 Å². The predicted molar refractivity (Wildman–Crippen MR) is 106 cm³/mol. The minimum atomic E-state index is -0.962. The summed E-state index contributed by atoms with van der Waals surface area (Å²) in [6.45, 7) is 6.46. The molecule has 1 aromatic carbocycles. The summed E-state index contributed by atoms with van der Waals surface area (Å²) in [7, 11) is 2.95. The summed E-state index contributed by atoms with van der Waals surface area (Å²) in [4.78, 5) is 26.2. The number of amides is 2. The molecule has 0 saturated heterocycles. The van der Waals surface area contributed by atoms with Crippen molar-refractivity contribution in [2.24, 2.45) is 0 Å². The Morgan fingerprint density at radius 2 is 1.97 bits per heavy atom. The SMILES string of the molecule is COc1cc2c(cc1C(=N)OC(C)=N)N(C)C(=O)[C@@H](NC(=O)OC(C)(C)C)CO2. The first-order valence-electron chi connectivity index (χ1n) is 8.86. The van der Waals surface area contributed by atoms with Crippen LogP contribution in [0.2, 0.25) is 0 Å². The van der Waals surface area contributed by atoms with Gasteiger partial charge in [0.25, 0.3) is 5.91 Å². The van der Waals surface area contributed by atoms with Crippen LogP contribution in [0.15, 0.2) is 12.1 Å². The number of carbonyl (C=O) groups excluding carboxylic acids is 2. The standard InChI is InChI=1S/C19H26N4O6/c1-10(20)28-16(21)11-7-13-15(8-14(11)26-6)27-9-12(17(24)23(13)5)22-18(25)29-19(2,3)4/h7-8,12,20-21H,9H2,1-6H3,(H,22,25)/t12-/m0/s1. The number of ether oxygens (including phenoxy) is 4. The van der Waals surface area contributed by atoms with E-state index in [9.17, 15) is 9.59 Å². The van der Waals surface area contributed by atoms with E-state index >= 15 is 0 Å². The first kappa shape index (κ1) is 22.0. The lowest BCUT2D eigenvalue weighted by Crippen LogP contribution is -2.50. The smallest absolute Gasteiger partial charge is 0.408 e. The molecular weight excluding hydrogens is 380 g/mol. The zero-order valence-electron chi connectivity index (χ0n) is 17.3. The number of nitrogens with zero attached hydrogens (tertiary/aromatic N) is 1. The van der Waals surface area contributed by atoms with E-state index in [0.29, 0.717) is 11.4 Å². The fourth-order valence-corrected chi connectivity index (χ4v) is 2.63. The van der Waals surface area contributed by atoms with Gasteiger partial charge in [0.15, 0.2) is 5.90 Å². The molecule has 10 heteroatoms. The minimum absolute atomic E-state index is 0.106. The molecule has 1 aliphatic heterocycles. The van der Waals surface area contributed by atoms with E-state index < -0.39 is 23.6 Å². The van der Waals surface area contributed by atoms with Gasteiger partial charge in [0.1, 0.15) is 29.7 Å². The number of methoxy groups -OCH3 is 1. The Hall–Kier alpha value is -3.30. The molecule has 1 aromatic rings. The second-order valence-electron chi connectivity index (χ2n) is 7.41. The van der Waals surface area contributed by atoms with Crippen molar-refractivity contribution in [2.45, 2.75) is 39.3 Å². The van der Waals surface area contributed by atoms with E-state index in [-0.39, 0.29) is 29.7 Å². The number of rotatable bonds is 3. The first-order valence-corrected chi connectivity index (χ1v) is 8.86. The first-order chi connectivity index (χ1) is 13.4. The van der Waals surface area contributed by atoms with Crippen LogP contribution in [0.4, 0.5) is 10.5 Å². The number of nitrogens with one attached hydrogen (secondary N) is 3. The number of alkyl carbamates (subject to hydrolysis) is 1. The minimum Gasteiger partial charge on any atom is -0.496 e. The zero-order valence-corrected chi connectivity index (χ0v) is 17.3. The third-order valence-electron chi connectivity index (χ3n) is 3.87. The largest absolute Gasteiger partial charge is 0.496 e. The quantitative estimate of drug-likeness (QED) is 0.521. The lowest BCUT2D eigenvalue weighted by molar-refractivity contribution is -0.120. The lowest BCUT2D eigenvalue weighted by atomic mass is 10.1. The summed E-state index contributed by atoms with van der Waals surface area (Å²) >= 11 is 0. The molecular formula is C19H26N4O6. The number of carbonyl (C=O) groups is 2. The topological polar surface area (TPSA) is 134 Å². The number of benzene rings is 1. The van der Waals surface area contributed by atoms with Crippen LogP contribution in [0.25, 0.3) is 0 Å². The summed E-state index contributed by atoms with van der Waals surface area (Å²) in [6, 6.07) is 2.07. The fourth-order valence-electron chi connectivity index (χ4n) is 2.63. The third kappa shape index (κ3) is 5.37. The van der Waals surface area contributed by atoms with Crippen LogP contribution in [0, 0.1) is 10.8 Å². The van der Waals surface area contributed by atoms with Gasteiger partial charge in [-0.2, -0.15) is 0 Å². The fraction of sp³-hybridized carbons (Fsp3) is 0.474. The number of likely N-dealkylation sites (N-methyl/N-ethyl adjacent to an activating group) is 1. The molecule has 10 nitrogen and oxygen atoms in total. The van der Waals surface area contributed by atoms with Crippen LogP contribution < -0.4 is 19.7 Å². The Balaban J connectivity index is 2.32. The summed E-state index contributed by atoms with van der Waals surface area (Å²) in [5.74, 6) is -0.245. The molecule has 0 spiro atoms. The molecule has 0 aliphatic carbocycles. The number of anilines is 1. The van der Waals surface area contributed by atoms with Gasteiger partial charge in [0, 0.05) is 20.0 Å². The second-order valence-corrected chi connectivity index (χ2v) is 7.41. The molecule has 1 aliphatic rings. The van der Waals surface area contributed by atoms with Crippen LogP contribution in [-0.2, 0) is 14.3 Å². The summed E-state index contributed by atoms with van der Waals surface area (Å²) < 4.78 is 21.3. The van der Waals surface area contributed by atoms with Gasteiger partial charge in [-0.25, -0.2) is 4.79 Å². The molecule has 0 bridgehead atoms. The Morgan fingerprint density at radius 1 is 1.31 bits per heavy atom. The predicted octanol–water partition coefficient (Wildman–Crippen LogP) is 2.28. The van der Waals surface area contributed by atoms with E-state index in [1.54, 1.807) is 20.8 Å². The van der Waals surface area contributed by atoms with Gasteiger partial charge in [-0.3, -0.25) is 15.6 Å². The van der Waals surface area contributed by atoms with Crippen molar-refractivity contribution in [2.75, 3.05) is 25.7 Å². The highest BCUT2D eigenvalue weighted by Crippen LogP contribution is 2.37. The number of hydrogen-bond donors (Lipinski definition) is 3. The van der Waals surface area contributed by atoms with E-state index in [1.165, 1.54) is 38.1 Å². The van der Waals surface area contributed by atoms with Crippen LogP contribution in [0.5, 0.6) is 11.5 Å². The monoisotopic (exact) mass is 406 g/mol. The highest BCUT2D eigenvalue weighted by Gasteiger charge is 2.33. The van der Waals surface area contributed by atoms with Gasteiger partial charge in [-0.15, -0.1) is 0 Å². The van der Waals surface area contributed by atoms with Crippen LogP contribution in [0.3, 0.4) is 0 Å². The highest BCUT2D eigenvalue weighted by atomic mass is 16.6. The normalized spacial score (nSPS) is 16.1. The Kier molecular flexibility index (Phi) is 6.35. The molecule has 1 atom stereocenters. The van der Waals surface area contributed by atoms with Crippen molar-refractivity contribution in [3.05, 3.63) is 17.7 Å². The van der Waals surface area contributed by atoms with Crippen molar-refractivity contribution in [1.29, 1.82) is 10.8 Å².